The van der Waals surface area contributed by atoms with Crippen molar-refractivity contribution in [1.29, 1.82) is 0 Å². The van der Waals surface area contributed by atoms with E-state index in [0.29, 0.717) is 0 Å². The predicted octanol–water partition coefficient (Wildman–Crippen LogP) is 1.02. The molecule has 8 nitrogen and oxygen atoms in total. The zero-order chi connectivity index (χ0) is 17.8. The summed E-state index contributed by atoms with van der Waals surface area (Å²) in [5.41, 5.74) is 9.64. The third-order valence-corrected chi connectivity index (χ3v) is 3.90. The summed E-state index contributed by atoms with van der Waals surface area (Å²) in [7, 11) is 0. The van der Waals surface area contributed by atoms with Gasteiger partial charge in [-0.1, -0.05) is 0 Å². The largest absolute Gasteiger partial charge is 0.478 e. The molecule has 0 spiro atoms. The molecule has 2 aromatic rings. The molecule has 0 unspecified atom stereocenters. The second kappa shape index (κ2) is 4.92. The smallest absolute Gasteiger partial charge is 0.337 e. The SMILES string of the molecule is Nc1c(C(=O)O)ccc2c1C(=O)c1ccc(C(=O)O)c(N)c1C2=O. The van der Waals surface area contributed by atoms with E-state index in [-0.39, 0.29) is 44.8 Å². The summed E-state index contributed by atoms with van der Waals surface area (Å²) in [6.07, 6.45) is 0. The van der Waals surface area contributed by atoms with E-state index in [1.54, 1.807) is 0 Å². The Balaban J connectivity index is 2.34. The molecule has 0 heterocycles. The summed E-state index contributed by atoms with van der Waals surface area (Å²) < 4.78 is 0. The molecule has 2 aromatic carbocycles. The second-order valence-corrected chi connectivity index (χ2v) is 5.17. The normalized spacial score (nSPS) is 12.5. The first-order chi connectivity index (χ1) is 11.3. The van der Waals surface area contributed by atoms with Gasteiger partial charge >= 0.3 is 11.9 Å². The van der Waals surface area contributed by atoms with Crippen molar-refractivity contribution in [2.45, 2.75) is 0 Å². The van der Waals surface area contributed by atoms with Crippen molar-refractivity contribution < 1.29 is 29.4 Å². The fourth-order valence-corrected chi connectivity index (χ4v) is 2.75. The average Bonchev–Trinajstić information content (AvgIpc) is 2.51. The summed E-state index contributed by atoms with van der Waals surface area (Å²) >= 11 is 0. The molecular formula is C16H10N2O6. The van der Waals surface area contributed by atoms with Gasteiger partial charge in [-0.25, -0.2) is 9.59 Å². The Labute approximate surface area is 134 Å². The maximum atomic E-state index is 12.7. The van der Waals surface area contributed by atoms with E-state index >= 15 is 0 Å². The molecule has 0 aromatic heterocycles. The third kappa shape index (κ3) is 1.86. The van der Waals surface area contributed by atoms with Crippen LogP contribution in [-0.2, 0) is 0 Å². The van der Waals surface area contributed by atoms with Gasteiger partial charge in [0.15, 0.2) is 11.6 Å². The van der Waals surface area contributed by atoms with Gasteiger partial charge in [0.05, 0.1) is 33.6 Å². The molecule has 0 saturated heterocycles. The van der Waals surface area contributed by atoms with Gasteiger partial charge in [0.1, 0.15) is 0 Å². The van der Waals surface area contributed by atoms with Crippen molar-refractivity contribution in [3.8, 4) is 0 Å². The highest BCUT2D eigenvalue weighted by atomic mass is 16.4. The fraction of sp³-hybridized carbons (Fsp3) is 0. The second-order valence-electron chi connectivity index (χ2n) is 5.17. The molecule has 120 valence electrons. The van der Waals surface area contributed by atoms with Gasteiger partial charge in [-0.2, -0.15) is 0 Å². The number of hydrogen-bond acceptors (Lipinski definition) is 6. The van der Waals surface area contributed by atoms with Crippen LogP contribution in [0.4, 0.5) is 11.4 Å². The zero-order valence-corrected chi connectivity index (χ0v) is 12.0. The van der Waals surface area contributed by atoms with Crippen LogP contribution in [0, 0.1) is 0 Å². The van der Waals surface area contributed by atoms with Gasteiger partial charge in [0.2, 0.25) is 0 Å². The van der Waals surface area contributed by atoms with Crippen LogP contribution >= 0.6 is 0 Å². The quantitative estimate of drug-likeness (QED) is 0.507. The zero-order valence-electron chi connectivity index (χ0n) is 12.0. The van der Waals surface area contributed by atoms with Gasteiger partial charge in [0.25, 0.3) is 0 Å². The minimum absolute atomic E-state index is 0.107. The third-order valence-electron chi connectivity index (χ3n) is 3.90. The fourth-order valence-electron chi connectivity index (χ4n) is 2.75. The molecule has 0 amide bonds. The number of ketones is 2. The number of benzene rings is 2. The van der Waals surface area contributed by atoms with E-state index in [0.717, 1.165) is 12.1 Å². The van der Waals surface area contributed by atoms with Gasteiger partial charge in [-0.05, 0) is 24.3 Å². The Morgan fingerprint density at radius 1 is 0.708 bits per heavy atom. The van der Waals surface area contributed by atoms with E-state index < -0.39 is 23.5 Å². The van der Waals surface area contributed by atoms with Crippen LogP contribution in [0.5, 0.6) is 0 Å². The summed E-state index contributed by atoms with van der Waals surface area (Å²) in [5.74, 6) is -4.02. The van der Waals surface area contributed by atoms with Crippen molar-refractivity contribution in [2.24, 2.45) is 0 Å². The first-order valence-corrected chi connectivity index (χ1v) is 6.66. The van der Waals surface area contributed by atoms with Gasteiger partial charge in [-0.15, -0.1) is 0 Å². The van der Waals surface area contributed by atoms with Crippen LogP contribution in [0.3, 0.4) is 0 Å². The molecule has 24 heavy (non-hydrogen) atoms. The van der Waals surface area contributed by atoms with Crippen LogP contribution in [0.15, 0.2) is 24.3 Å². The Hall–Kier alpha value is -3.68. The molecule has 0 fully saturated rings. The van der Waals surface area contributed by atoms with Gasteiger partial charge < -0.3 is 21.7 Å². The van der Waals surface area contributed by atoms with Crippen LogP contribution < -0.4 is 11.5 Å². The lowest BCUT2D eigenvalue weighted by molar-refractivity contribution is 0.0686. The summed E-state index contributed by atoms with van der Waals surface area (Å²) in [5, 5.41) is 18.2. The Bertz CT molecular complexity index is 898. The number of carbonyl (C=O) groups is 4. The summed E-state index contributed by atoms with van der Waals surface area (Å²) in [6.45, 7) is 0. The first-order valence-electron chi connectivity index (χ1n) is 6.66. The maximum Gasteiger partial charge on any atom is 0.337 e. The van der Waals surface area contributed by atoms with Crippen LogP contribution in [0.1, 0.15) is 52.6 Å². The number of carboxylic acids is 2. The number of nitrogens with two attached hydrogens (primary N) is 2. The number of carbonyl (C=O) groups excluding carboxylic acids is 2. The highest BCUT2D eigenvalue weighted by molar-refractivity contribution is 6.32. The lowest BCUT2D eigenvalue weighted by Gasteiger charge is -2.21. The van der Waals surface area contributed by atoms with Crippen molar-refractivity contribution in [3.63, 3.8) is 0 Å². The number of hydrogen-bond donors (Lipinski definition) is 4. The topological polar surface area (TPSA) is 161 Å². The maximum absolute atomic E-state index is 12.7. The van der Waals surface area contributed by atoms with E-state index in [1.165, 1.54) is 12.1 Å². The lowest BCUT2D eigenvalue weighted by atomic mass is 9.80. The molecule has 0 saturated carbocycles. The first kappa shape index (κ1) is 15.2. The summed E-state index contributed by atoms with van der Waals surface area (Å²) in [4.78, 5) is 47.6. The van der Waals surface area contributed by atoms with Crippen LogP contribution in [0.25, 0.3) is 0 Å². The van der Waals surface area contributed by atoms with Crippen molar-refractivity contribution in [2.75, 3.05) is 11.5 Å². The molecule has 1 aliphatic rings. The number of carboxylic acid groups (broad SMARTS) is 2. The van der Waals surface area contributed by atoms with Crippen molar-refractivity contribution in [3.05, 3.63) is 57.6 Å². The minimum Gasteiger partial charge on any atom is -0.478 e. The predicted molar refractivity (Wildman–Crippen MR) is 82.5 cm³/mol. The minimum atomic E-state index is -1.33. The molecule has 0 bridgehead atoms. The molecule has 0 radical (unpaired) electrons. The van der Waals surface area contributed by atoms with E-state index in [2.05, 4.69) is 0 Å². The van der Waals surface area contributed by atoms with E-state index in [1.807, 2.05) is 0 Å². The standard InChI is InChI=1S/C16H10N2O6/c17-11-7(15(21)22)3-1-5-9(11)14(20)6-2-4-8(16(23)24)12(18)10(6)13(5)19/h1-4H,17-18H2,(H,21,22)(H,23,24). The molecule has 0 atom stereocenters. The molecule has 1 aliphatic carbocycles. The van der Waals surface area contributed by atoms with Crippen molar-refractivity contribution >= 4 is 34.9 Å². The van der Waals surface area contributed by atoms with E-state index in [4.69, 9.17) is 21.7 Å². The van der Waals surface area contributed by atoms with Crippen LogP contribution in [0.2, 0.25) is 0 Å². The number of aromatic carboxylic acids is 2. The van der Waals surface area contributed by atoms with Gasteiger partial charge in [0, 0.05) is 11.1 Å². The average molecular weight is 326 g/mol. The number of nitrogen functional groups attached to an aromatic ring is 2. The highest BCUT2D eigenvalue weighted by Gasteiger charge is 2.35. The Morgan fingerprint density at radius 3 is 1.33 bits per heavy atom. The Kier molecular flexibility index (Phi) is 3.12. The summed E-state index contributed by atoms with van der Waals surface area (Å²) in [6, 6.07) is 4.57. The molecule has 3 rings (SSSR count). The van der Waals surface area contributed by atoms with E-state index in [9.17, 15) is 19.2 Å². The number of rotatable bonds is 2. The Morgan fingerprint density at radius 2 is 1.04 bits per heavy atom. The molecule has 6 N–H and O–H groups in total. The lowest BCUT2D eigenvalue weighted by Crippen LogP contribution is -2.25. The highest BCUT2D eigenvalue weighted by Crippen LogP contribution is 2.36. The van der Waals surface area contributed by atoms with Crippen LogP contribution in [-0.4, -0.2) is 33.7 Å². The molecule has 0 aliphatic heterocycles. The molecular weight excluding hydrogens is 316 g/mol. The number of fused-ring (bicyclic) bond motifs is 2. The van der Waals surface area contributed by atoms with Crippen molar-refractivity contribution in [1.82, 2.24) is 0 Å². The number of anilines is 2. The van der Waals surface area contributed by atoms with Gasteiger partial charge in [-0.3, -0.25) is 9.59 Å². The molecule has 8 heteroatoms. The monoisotopic (exact) mass is 326 g/mol.